The summed E-state index contributed by atoms with van der Waals surface area (Å²) in [5.41, 5.74) is 0.676. The first-order valence-electron chi connectivity index (χ1n) is 6.62. The van der Waals surface area contributed by atoms with E-state index >= 15 is 0 Å². The van der Waals surface area contributed by atoms with E-state index in [1.165, 1.54) is 6.08 Å². The third-order valence-corrected chi connectivity index (χ3v) is 3.58. The number of aromatic nitrogens is 1. The molecule has 0 aliphatic rings. The Labute approximate surface area is 114 Å². The molecule has 1 rings (SSSR count). The molecule has 1 aromatic rings. The Bertz CT molecular complexity index is 403. The molecule has 104 valence electrons. The summed E-state index contributed by atoms with van der Waals surface area (Å²) in [7, 11) is 0. The van der Waals surface area contributed by atoms with Crippen molar-refractivity contribution in [2.45, 2.75) is 26.7 Å². The summed E-state index contributed by atoms with van der Waals surface area (Å²) in [6, 6.07) is 3.70. The fourth-order valence-corrected chi connectivity index (χ4v) is 1.76. The van der Waals surface area contributed by atoms with Crippen molar-refractivity contribution in [1.82, 2.24) is 10.3 Å². The summed E-state index contributed by atoms with van der Waals surface area (Å²) in [6.07, 6.45) is 8.28. The lowest BCUT2D eigenvalue weighted by molar-refractivity contribution is -0.117. The van der Waals surface area contributed by atoms with Crippen LogP contribution < -0.4 is 5.32 Å². The number of aliphatic hydroxyl groups excluding tert-OH is 1. The Kier molecular flexibility index (Phi) is 6.22. The smallest absolute Gasteiger partial charge is 0.244 e. The van der Waals surface area contributed by atoms with Gasteiger partial charge in [0.05, 0.1) is 6.61 Å². The lowest BCUT2D eigenvalue weighted by Crippen LogP contribution is -2.38. The maximum Gasteiger partial charge on any atom is 0.244 e. The average molecular weight is 262 g/mol. The van der Waals surface area contributed by atoms with E-state index in [1.807, 2.05) is 26.0 Å². The van der Waals surface area contributed by atoms with Crippen LogP contribution in [-0.4, -0.2) is 29.1 Å². The molecule has 0 aliphatic heterocycles. The molecule has 4 heteroatoms. The van der Waals surface area contributed by atoms with Gasteiger partial charge in [-0.05, 0) is 30.5 Å². The molecule has 1 amide bonds. The minimum atomic E-state index is -0.211. The lowest BCUT2D eigenvalue weighted by atomic mass is 9.83. The number of hydrogen-bond acceptors (Lipinski definition) is 3. The van der Waals surface area contributed by atoms with Crippen LogP contribution in [0.1, 0.15) is 32.3 Å². The molecular formula is C15H22N2O2. The van der Waals surface area contributed by atoms with E-state index in [0.29, 0.717) is 6.54 Å². The number of nitrogens with zero attached hydrogens (tertiary/aromatic N) is 1. The van der Waals surface area contributed by atoms with Crippen molar-refractivity contribution in [3.8, 4) is 0 Å². The number of pyridine rings is 1. The van der Waals surface area contributed by atoms with Crippen LogP contribution in [0.15, 0.2) is 30.6 Å². The van der Waals surface area contributed by atoms with Crippen LogP contribution in [0.4, 0.5) is 0 Å². The molecule has 0 atom stereocenters. The molecule has 1 aromatic heterocycles. The van der Waals surface area contributed by atoms with Crippen molar-refractivity contribution >= 4 is 12.0 Å². The molecule has 0 aliphatic carbocycles. The second-order valence-electron chi connectivity index (χ2n) is 4.70. The third kappa shape index (κ3) is 4.83. The first-order valence-corrected chi connectivity index (χ1v) is 6.62. The van der Waals surface area contributed by atoms with Crippen molar-refractivity contribution in [2.75, 3.05) is 13.2 Å². The van der Waals surface area contributed by atoms with Gasteiger partial charge in [0, 0.05) is 30.4 Å². The van der Waals surface area contributed by atoms with Crippen LogP contribution in [0.3, 0.4) is 0 Å². The van der Waals surface area contributed by atoms with Crippen LogP contribution in [0, 0.1) is 5.41 Å². The quantitative estimate of drug-likeness (QED) is 0.739. The predicted octanol–water partition coefficient (Wildman–Crippen LogP) is 2.01. The second kappa shape index (κ2) is 7.69. The van der Waals surface area contributed by atoms with Gasteiger partial charge in [0.15, 0.2) is 0 Å². The Morgan fingerprint density at radius 2 is 2.21 bits per heavy atom. The Balaban J connectivity index is 2.50. The zero-order valence-corrected chi connectivity index (χ0v) is 11.6. The van der Waals surface area contributed by atoms with Crippen molar-refractivity contribution in [3.63, 3.8) is 0 Å². The van der Waals surface area contributed by atoms with Gasteiger partial charge >= 0.3 is 0 Å². The van der Waals surface area contributed by atoms with Gasteiger partial charge in [-0.2, -0.15) is 0 Å². The van der Waals surface area contributed by atoms with Gasteiger partial charge in [-0.1, -0.05) is 19.9 Å². The lowest BCUT2D eigenvalue weighted by Gasteiger charge is -2.29. The standard InChI is InChI=1S/C15H22N2O2/c1-3-15(4-2,12-18)11-17-14(19)8-7-13-6-5-9-16-10-13/h5-10,18H,3-4,11-12H2,1-2H3,(H,17,19)/b8-7+. The summed E-state index contributed by atoms with van der Waals surface area (Å²) in [4.78, 5) is 15.7. The normalized spacial score (nSPS) is 11.7. The van der Waals surface area contributed by atoms with Crippen LogP contribution in [-0.2, 0) is 4.79 Å². The van der Waals surface area contributed by atoms with Crippen LogP contribution in [0.5, 0.6) is 0 Å². The molecule has 19 heavy (non-hydrogen) atoms. The third-order valence-electron chi connectivity index (χ3n) is 3.58. The summed E-state index contributed by atoms with van der Waals surface area (Å²) < 4.78 is 0. The molecule has 0 spiro atoms. The largest absolute Gasteiger partial charge is 0.396 e. The first-order chi connectivity index (χ1) is 9.15. The second-order valence-corrected chi connectivity index (χ2v) is 4.70. The minimum absolute atomic E-state index is 0.0899. The monoisotopic (exact) mass is 262 g/mol. The van der Waals surface area contributed by atoms with Gasteiger partial charge in [0.1, 0.15) is 0 Å². The Morgan fingerprint density at radius 1 is 1.47 bits per heavy atom. The molecule has 0 aromatic carbocycles. The fourth-order valence-electron chi connectivity index (χ4n) is 1.76. The number of carbonyl (C=O) groups excluding carboxylic acids is 1. The van der Waals surface area contributed by atoms with Gasteiger partial charge in [-0.25, -0.2) is 0 Å². The summed E-state index contributed by atoms with van der Waals surface area (Å²) in [5.74, 6) is -0.149. The zero-order chi connectivity index (χ0) is 14.1. The van der Waals surface area contributed by atoms with Gasteiger partial charge < -0.3 is 10.4 Å². The first kappa shape index (κ1) is 15.4. The maximum atomic E-state index is 11.7. The highest BCUT2D eigenvalue weighted by atomic mass is 16.3. The minimum Gasteiger partial charge on any atom is -0.396 e. The highest BCUT2D eigenvalue weighted by molar-refractivity contribution is 5.91. The van der Waals surface area contributed by atoms with Crippen molar-refractivity contribution in [3.05, 3.63) is 36.2 Å². The predicted molar refractivity (Wildman–Crippen MR) is 76.4 cm³/mol. The molecule has 2 N–H and O–H groups in total. The van der Waals surface area contributed by atoms with E-state index in [0.717, 1.165) is 18.4 Å². The summed E-state index contributed by atoms with van der Waals surface area (Å²) in [5, 5.41) is 12.3. The van der Waals surface area contributed by atoms with Crippen molar-refractivity contribution in [1.29, 1.82) is 0 Å². The number of hydrogen-bond donors (Lipinski definition) is 2. The molecule has 4 nitrogen and oxygen atoms in total. The number of carbonyl (C=O) groups is 1. The molecule has 0 bridgehead atoms. The van der Waals surface area contributed by atoms with Crippen molar-refractivity contribution < 1.29 is 9.90 Å². The van der Waals surface area contributed by atoms with E-state index in [9.17, 15) is 9.90 Å². The topological polar surface area (TPSA) is 62.2 Å². The maximum absolute atomic E-state index is 11.7. The van der Waals surface area contributed by atoms with Gasteiger partial charge in [-0.15, -0.1) is 0 Å². The summed E-state index contributed by atoms with van der Waals surface area (Å²) in [6.45, 7) is 4.63. The zero-order valence-electron chi connectivity index (χ0n) is 11.6. The van der Waals surface area contributed by atoms with E-state index < -0.39 is 0 Å². The molecule has 0 unspecified atom stereocenters. The van der Waals surface area contributed by atoms with E-state index in [2.05, 4.69) is 10.3 Å². The van der Waals surface area contributed by atoms with Gasteiger partial charge in [0.2, 0.25) is 5.91 Å². The van der Waals surface area contributed by atoms with E-state index in [-0.39, 0.29) is 17.9 Å². The summed E-state index contributed by atoms with van der Waals surface area (Å²) >= 11 is 0. The average Bonchev–Trinajstić information content (AvgIpc) is 2.48. The fraction of sp³-hybridized carbons (Fsp3) is 0.467. The number of nitrogens with one attached hydrogen (secondary N) is 1. The SMILES string of the molecule is CCC(CC)(CO)CNC(=O)/C=C/c1cccnc1. The Morgan fingerprint density at radius 3 is 2.74 bits per heavy atom. The number of amides is 1. The van der Waals surface area contributed by atoms with E-state index in [4.69, 9.17) is 0 Å². The molecular weight excluding hydrogens is 240 g/mol. The molecule has 0 saturated carbocycles. The highest BCUT2D eigenvalue weighted by Crippen LogP contribution is 2.24. The van der Waals surface area contributed by atoms with Crippen molar-refractivity contribution in [2.24, 2.45) is 5.41 Å². The molecule has 0 fully saturated rings. The molecule has 1 heterocycles. The van der Waals surface area contributed by atoms with Gasteiger partial charge in [0.25, 0.3) is 0 Å². The Hall–Kier alpha value is -1.68. The van der Waals surface area contributed by atoms with Crippen LogP contribution in [0.25, 0.3) is 6.08 Å². The number of aliphatic hydroxyl groups is 1. The number of rotatable bonds is 7. The molecule has 0 saturated heterocycles. The van der Waals surface area contributed by atoms with Crippen LogP contribution >= 0.6 is 0 Å². The highest BCUT2D eigenvalue weighted by Gasteiger charge is 2.25. The van der Waals surface area contributed by atoms with Gasteiger partial charge in [-0.3, -0.25) is 9.78 Å². The molecule has 0 radical (unpaired) electrons. The van der Waals surface area contributed by atoms with E-state index in [1.54, 1.807) is 18.5 Å². The van der Waals surface area contributed by atoms with Crippen LogP contribution in [0.2, 0.25) is 0 Å².